The largest absolute Gasteiger partial charge is 0.489 e. The van der Waals surface area contributed by atoms with Crippen molar-refractivity contribution >= 4 is 48.3 Å². The van der Waals surface area contributed by atoms with Crippen molar-refractivity contribution in [2.75, 3.05) is 5.73 Å². The molecular weight excluding hydrogens is 394 g/mol. The van der Waals surface area contributed by atoms with Crippen LogP contribution in [0.5, 0.6) is 5.75 Å². The number of nitrogens with two attached hydrogens (primary N) is 1. The quantitative estimate of drug-likeness (QED) is 0.580. The molecule has 3 rings (SSSR count). The first-order valence-corrected chi connectivity index (χ1v) is 8.06. The fourth-order valence-corrected chi connectivity index (χ4v) is 2.76. The van der Waals surface area contributed by atoms with E-state index in [-0.39, 0.29) is 0 Å². The molecule has 0 aliphatic carbocycles. The first-order chi connectivity index (χ1) is 10.1. The minimum absolute atomic E-state index is 0.500. The summed E-state index contributed by atoms with van der Waals surface area (Å²) in [5.74, 6) is 0.853. The van der Waals surface area contributed by atoms with Crippen molar-refractivity contribution in [1.82, 2.24) is 0 Å². The number of hydrogen-bond donors (Lipinski definition) is 1. The van der Waals surface area contributed by atoms with Gasteiger partial charge in [-0.05, 0) is 68.7 Å². The van der Waals surface area contributed by atoms with Crippen LogP contribution in [-0.2, 0) is 6.61 Å². The molecule has 0 saturated heterocycles. The van der Waals surface area contributed by atoms with Crippen molar-refractivity contribution in [2.24, 2.45) is 0 Å². The van der Waals surface area contributed by atoms with Crippen LogP contribution in [0.3, 0.4) is 0 Å². The summed E-state index contributed by atoms with van der Waals surface area (Å²) in [6, 6.07) is 18.1. The van der Waals surface area contributed by atoms with Crippen molar-refractivity contribution in [3.63, 3.8) is 0 Å². The SMILES string of the molecule is Nc1cc(COc2ccc3cc(Br)ccc3c2)ccc1Br. The second-order valence-electron chi connectivity index (χ2n) is 4.80. The van der Waals surface area contributed by atoms with E-state index in [2.05, 4.69) is 50.1 Å². The molecule has 0 saturated carbocycles. The van der Waals surface area contributed by atoms with Gasteiger partial charge in [0.1, 0.15) is 12.4 Å². The number of hydrogen-bond acceptors (Lipinski definition) is 2. The minimum atomic E-state index is 0.500. The molecule has 2 nitrogen and oxygen atoms in total. The van der Waals surface area contributed by atoms with Gasteiger partial charge in [-0.2, -0.15) is 0 Å². The average Bonchev–Trinajstić information content (AvgIpc) is 2.48. The molecule has 4 heteroatoms. The van der Waals surface area contributed by atoms with Crippen LogP contribution in [-0.4, -0.2) is 0 Å². The second-order valence-corrected chi connectivity index (χ2v) is 6.57. The van der Waals surface area contributed by atoms with Gasteiger partial charge in [0.2, 0.25) is 0 Å². The molecule has 0 radical (unpaired) electrons. The van der Waals surface area contributed by atoms with E-state index in [9.17, 15) is 0 Å². The Hall–Kier alpha value is -1.52. The zero-order valence-corrected chi connectivity index (χ0v) is 14.3. The molecule has 106 valence electrons. The number of nitrogen functional groups attached to an aromatic ring is 1. The van der Waals surface area contributed by atoms with Gasteiger partial charge in [-0.15, -0.1) is 0 Å². The van der Waals surface area contributed by atoms with Crippen LogP contribution in [0, 0.1) is 0 Å². The van der Waals surface area contributed by atoms with E-state index in [1.807, 2.05) is 36.4 Å². The lowest BCUT2D eigenvalue weighted by molar-refractivity contribution is 0.306. The third kappa shape index (κ3) is 3.39. The van der Waals surface area contributed by atoms with Gasteiger partial charge in [0.25, 0.3) is 0 Å². The molecule has 0 amide bonds. The van der Waals surface area contributed by atoms with Crippen molar-refractivity contribution in [3.8, 4) is 5.75 Å². The fraction of sp³-hybridized carbons (Fsp3) is 0.0588. The van der Waals surface area contributed by atoms with Gasteiger partial charge in [0, 0.05) is 14.6 Å². The molecule has 0 fully saturated rings. The third-order valence-electron chi connectivity index (χ3n) is 3.24. The summed E-state index contributed by atoms with van der Waals surface area (Å²) in [7, 11) is 0. The zero-order valence-electron chi connectivity index (χ0n) is 11.1. The van der Waals surface area contributed by atoms with E-state index in [0.29, 0.717) is 6.61 Å². The lowest BCUT2D eigenvalue weighted by atomic mass is 10.1. The normalized spacial score (nSPS) is 10.8. The van der Waals surface area contributed by atoms with Crippen LogP contribution >= 0.6 is 31.9 Å². The summed E-state index contributed by atoms with van der Waals surface area (Å²) < 4.78 is 7.83. The van der Waals surface area contributed by atoms with Crippen LogP contribution in [0.4, 0.5) is 5.69 Å². The number of ether oxygens (including phenoxy) is 1. The molecule has 3 aromatic rings. The van der Waals surface area contributed by atoms with E-state index in [1.165, 1.54) is 5.39 Å². The van der Waals surface area contributed by atoms with E-state index in [0.717, 1.165) is 31.3 Å². The standard InChI is InChI=1S/C17H13Br2NO/c18-14-4-2-13-9-15(5-3-12(13)8-14)21-10-11-1-6-16(19)17(20)7-11/h1-9H,10,20H2. The summed E-state index contributed by atoms with van der Waals surface area (Å²) in [5, 5.41) is 2.34. The number of anilines is 1. The van der Waals surface area contributed by atoms with Crippen LogP contribution in [0.15, 0.2) is 63.5 Å². The highest BCUT2D eigenvalue weighted by Crippen LogP contribution is 2.25. The Bertz CT molecular complexity index is 802. The van der Waals surface area contributed by atoms with Crippen molar-refractivity contribution in [2.45, 2.75) is 6.61 Å². The topological polar surface area (TPSA) is 35.2 Å². The highest BCUT2D eigenvalue weighted by Gasteiger charge is 2.01. The molecule has 0 spiro atoms. The first-order valence-electron chi connectivity index (χ1n) is 6.48. The van der Waals surface area contributed by atoms with Crippen LogP contribution in [0.25, 0.3) is 10.8 Å². The molecule has 3 aromatic carbocycles. The molecule has 2 N–H and O–H groups in total. The van der Waals surface area contributed by atoms with Gasteiger partial charge < -0.3 is 10.5 Å². The Kier molecular flexibility index (Phi) is 4.17. The highest BCUT2D eigenvalue weighted by atomic mass is 79.9. The number of fused-ring (bicyclic) bond motifs is 1. The molecule has 0 heterocycles. The van der Waals surface area contributed by atoms with E-state index < -0.39 is 0 Å². The Morgan fingerprint density at radius 2 is 1.62 bits per heavy atom. The monoisotopic (exact) mass is 405 g/mol. The maximum Gasteiger partial charge on any atom is 0.120 e. The Morgan fingerprint density at radius 1 is 0.857 bits per heavy atom. The Labute approximate surface area is 140 Å². The molecule has 0 aliphatic rings. The van der Waals surface area contributed by atoms with Gasteiger partial charge in [0.05, 0.1) is 0 Å². The van der Waals surface area contributed by atoms with Gasteiger partial charge in [-0.1, -0.05) is 34.1 Å². The molecule has 21 heavy (non-hydrogen) atoms. The lowest BCUT2D eigenvalue weighted by Gasteiger charge is -2.09. The second kappa shape index (κ2) is 6.08. The molecule has 0 bridgehead atoms. The van der Waals surface area contributed by atoms with Crippen LogP contribution in [0.1, 0.15) is 5.56 Å². The van der Waals surface area contributed by atoms with Crippen LogP contribution < -0.4 is 10.5 Å². The summed E-state index contributed by atoms with van der Waals surface area (Å²) in [6.07, 6.45) is 0. The third-order valence-corrected chi connectivity index (χ3v) is 4.46. The van der Waals surface area contributed by atoms with Crippen molar-refractivity contribution < 1.29 is 4.74 Å². The summed E-state index contributed by atoms with van der Waals surface area (Å²) in [6.45, 7) is 0.500. The van der Waals surface area contributed by atoms with E-state index in [4.69, 9.17) is 10.5 Å². The van der Waals surface area contributed by atoms with Gasteiger partial charge in [-0.3, -0.25) is 0 Å². The van der Waals surface area contributed by atoms with Gasteiger partial charge >= 0.3 is 0 Å². The fourth-order valence-electron chi connectivity index (χ4n) is 2.13. The molecule has 0 aliphatic heterocycles. The Morgan fingerprint density at radius 3 is 2.43 bits per heavy atom. The first kappa shape index (κ1) is 14.4. The van der Waals surface area contributed by atoms with Gasteiger partial charge in [-0.25, -0.2) is 0 Å². The molecule has 0 unspecified atom stereocenters. The zero-order chi connectivity index (χ0) is 14.8. The van der Waals surface area contributed by atoms with E-state index in [1.54, 1.807) is 0 Å². The number of benzene rings is 3. The smallest absolute Gasteiger partial charge is 0.120 e. The summed E-state index contributed by atoms with van der Waals surface area (Å²) in [4.78, 5) is 0. The predicted molar refractivity (Wildman–Crippen MR) is 94.5 cm³/mol. The average molecular weight is 407 g/mol. The minimum Gasteiger partial charge on any atom is -0.489 e. The number of halogens is 2. The van der Waals surface area contributed by atoms with Crippen molar-refractivity contribution in [1.29, 1.82) is 0 Å². The Balaban J connectivity index is 1.78. The maximum absolute atomic E-state index is 5.87. The molecule has 0 atom stereocenters. The van der Waals surface area contributed by atoms with Crippen molar-refractivity contribution in [3.05, 3.63) is 69.1 Å². The maximum atomic E-state index is 5.87. The summed E-state index contributed by atoms with van der Waals surface area (Å²) in [5.41, 5.74) is 7.64. The highest BCUT2D eigenvalue weighted by molar-refractivity contribution is 9.10. The summed E-state index contributed by atoms with van der Waals surface area (Å²) >= 11 is 6.87. The lowest BCUT2D eigenvalue weighted by Crippen LogP contribution is -1.97. The predicted octanol–water partition coefficient (Wildman–Crippen LogP) is 5.53. The number of rotatable bonds is 3. The molecule has 0 aromatic heterocycles. The van der Waals surface area contributed by atoms with Gasteiger partial charge in [0.15, 0.2) is 0 Å². The van der Waals surface area contributed by atoms with E-state index >= 15 is 0 Å². The molecular formula is C17H13Br2NO. The van der Waals surface area contributed by atoms with Crippen LogP contribution in [0.2, 0.25) is 0 Å².